The number of benzene rings is 2. The van der Waals surface area contributed by atoms with E-state index in [2.05, 4.69) is 0 Å². The standard InChI is InChI=1S/C23H21NO6/c1-2-29-19-11-10-14(12-17(19)23(28)30-20-9-5-8-18(20)25)13-24-21(26)15-6-3-4-7-16(15)22(24)27/h3-4,6-7,10-12,20H,2,5,8-9,13H2,1H3/t20-/m0/s1. The number of hydrogen-bond acceptors (Lipinski definition) is 6. The van der Waals surface area contributed by atoms with E-state index in [1.54, 1.807) is 49.4 Å². The molecule has 0 spiro atoms. The molecule has 1 atom stereocenters. The number of rotatable bonds is 6. The summed E-state index contributed by atoms with van der Waals surface area (Å²) in [5.41, 5.74) is 1.49. The topological polar surface area (TPSA) is 90.0 Å². The SMILES string of the molecule is CCOc1ccc(CN2C(=O)c3ccccc3C2=O)cc1C(=O)O[C@H]1CCCC1=O. The highest BCUT2D eigenvalue weighted by atomic mass is 16.5. The van der Waals surface area contributed by atoms with Gasteiger partial charge in [0.1, 0.15) is 11.3 Å². The molecule has 0 radical (unpaired) electrons. The van der Waals surface area contributed by atoms with Gasteiger partial charge in [-0.25, -0.2) is 4.79 Å². The summed E-state index contributed by atoms with van der Waals surface area (Å²) in [4.78, 5) is 51.0. The third kappa shape index (κ3) is 3.58. The molecule has 30 heavy (non-hydrogen) atoms. The van der Waals surface area contributed by atoms with Crippen molar-refractivity contribution < 1.29 is 28.7 Å². The smallest absolute Gasteiger partial charge is 0.342 e. The van der Waals surface area contributed by atoms with E-state index in [1.807, 2.05) is 0 Å². The number of carbonyl (C=O) groups is 4. The van der Waals surface area contributed by atoms with Gasteiger partial charge in [-0.05, 0) is 49.6 Å². The molecule has 2 aliphatic rings. The van der Waals surface area contributed by atoms with E-state index in [-0.39, 0.29) is 29.7 Å². The van der Waals surface area contributed by atoms with E-state index in [9.17, 15) is 19.2 Å². The summed E-state index contributed by atoms with van der Waals surface area (Å²) in [5, 5.41) is 0. The Morgan fingerprint density at radius 2 is 1.77 bits per heavy atom. The van der Waals surface area contributed by atoms with Crippen LogP contribution in [0.5, 0.6) is 5.75 Å². The first kappa shape index (κ1) is 19.8. The minimum Gasteiger partial charge on any atom is -0.493 e. The first-order valence-corrected chi connectivity index (χ1v) is 9.94. The third-order valence-electron chi connectivity index (χ3n) is 5.28. The van der Waals surface area contributed by atoms with Crippen molar-refractivity contribution in [2.24, 2.45) is 0 Å². The first-order valence-electron chi connectivity index (χ1n) is 9.94. The summed E-state index contributed by atoms with van der Waals surface area (Å²) in [6.07, 6.45) is 0.903. The maximum absolute atomic E-state index is 12.7. The fourth-order valence-electron chi connectivity index (χ4n) is 3.78. The van der Waals surface area contributed by atoms with E-state index in [1.165, 1.54) is 0 Å². The monoisotopic (exact) mass is 407 g/mol. The van der Waals surface area contributed by atoms with E-state index < -0.39 is 12.1 Å². The fourth-order valence-corrected chi connectivity index (χ4v) is 3.78. The number of carbonyl (C=O) groups excluding carboxylic acids is 4. The van der Waals surface area contributed by atoms with Gasteiger partial charge in [-0.1, -0.05) is 18.2 Å². The quantitative estimate of drug-likeness (QED) is 0.540. The van der Waals surface area contributed by atoms with Crippen LogP contribution < -0.4 is 4.74 Å². The number of ketones is 1. The van der Waals surface area contributed by atoms with Crippen LogP contribution in [0.1, 0.15) is 62.8 Å². The van der Waals surface area contributed by atoms with Crippen LogP contribution in [-0.2, 0) is 16.1 Å². The normalized spacial score (nSPS) is 18.0. The molecule has 1 aliphatic heterocycles. The number of imide groups is 1. The lowest BCUT2D eigenvalue weighted by Crippen LogP contribution is -2.29. The van der Waals surface area contributed by atoms with Crippen LogP contribution in [0, 0.1) is 0 Å². The Hall–Kier alpha value is -3.48. The van der Waals surface area contributed by atoms with Crippen molar-refractivity contribution in [3.05, 3.63) is 64.7 Å². The molecular weight excluding hydrogens is 386 g/mol. The molecule has 2 aromatic carbocycles. The van der Waals surface area contributed by atoms with Crippen molar-refractivity contribution in [3.63, 3.8) is 0 Å². The van der Waals surface area contributed by atoms with Gasteiger partial charge < -0.3 is 9.47 Å². The van der Waals surface area contributed by atoms with Gasteiger partial charge >= 0.3 is 5.97 Å². The van der Waals surface area contributed by atoms with Gasteiger partial charge in [-0.2, -0.15) is 0 Å². The van der Waals surface area contributed by atoms with Crippen LogP contribution in [0.2, 0.25) is 0 Å². The lowest BCUT2D eigenvalue weighted by Gasteiger charge is -2.17. The molecule has 1 fully saturated rings. The number of nitrogens with zero attached hydrogens (tertiary/aromatic N) is 1. The van der Waals surface area contributed by atoms with Crippen LogP contribution in [0.3, 0.4) is 0 Å². The molecular formula is C23H21NO6. The number of esters is 1. The fraction of sp³-hybridized carbons (Fsp3) is 0.304. The van der Waals surface area contributed by atoms with Crippen molar-refractivity contribution in [2.45, 2.75) is 38.8 Å². The number of Topliss-reactive ketones (excluding diaryl/α,β-unsaturated/α-hetero) is 1. The van der Waals surface area contributed by atoms with Gasteiger partial charge in [-0.3, -0.25) is 19.3 Å². The Kier molecular flexibility index (Phi) is 5.35. The largest absolute Gasteiger partial charge is 0.493 e. The third-order valence-corrected chi connectivity index (χ3v) is 5.28. The van der Waals surface area contributed by atoms with E-state index >= 15 is 0 Å². The zero-order valence-electron chi connectivity index (χ0n) is 16.6. The molecule has 0 saturated heterocycles. The van der Waals surface area contributed by atoms with Crippen LogP contribution >= 0.6 is 0 Å². The van der Waals surface area contributed by atoms with Gasteiger partial charge in [0.05, 0.1) is 24.3 Å². The van der Waals surface area contributed by atoms with Crippen LogP contribution in [-0.4, -0.2) is 41.2 Å². The van der Waals surface area contributed by atoms with E-state index in [0.29, 0.717) is 48.3 Å². The average molecular weight is 407 g/mol. The van der Waals surface area contributed by atoms with Gasteiger partial charge in [-0.15, -0.1) is 0 Å². The summed E-state index contributed by atoms with van der Waals surface area (Å²) < 4.78 is 10.9. The molecule has 1 saturated carbocycles. The van der Waals surface area contributed by atoms with Crippen molar-refractivity contribution in [3.8, 4) is 5.75 Å². The Morgan fingerprint density at radius 1 is 1.07 bits per heavy atom. The maximum Gasteiger partial charge on any atom is 0.342 e. The second kappa shape index (κ2) is 8.10. The molecule has 0 aromatic heterocycles. The number of hydrogen-bond donors (Lipinski definition) is 0. The number of fused-ring (bicyclic) bond motifs is 1. The molecule has 7 nitrogen and oxygen atoms in total. The molecule has 0 unspecified atom stereocenters. The highest BCUT2D eigenvalue weighted by molar-refractivity contribution is 6.21. The molecule has 2 aromatic rings. The van der Waals surface area contributed by atoms with Crippen molar-refractivity contribution in [1.82, 2.24) is 4.90 Å². The van der Waals surface area contributed by atoms with Gasteiger partial charge in [0.2, 0.25) is 0 Å². The predicted octanol–water partition coefficient (Wildman–Crippen LogP) is 3.16. The molecule has 1 heterocycles. The second-order valence-electron chi connectivity index (χ2n) is 7.26. The highest BCUT2D eigenvalue weighted by Crippen LogP contribution is 2.28. The van der Waals surface area contributed by atoms with E-state index in [0.717, 1.165) is 4.90 Å². The van der Waals surface area contributed by atoms with Crippen LogP contribution in [0.4, 0.5) is 0 Å². The van der Waals surface area contributed by atoms with Crippen LogP contribution in [0.25, 0.3) is 0 Å². The number of amides is 2. The zero-order chi connectivity index (χ0) is 21.3. The lowest BCUT2D eigenvalue weighted by molar-refractivity contribution is -0.124. The van der Waals surface area contributed by atoms with Crippen molar-refractivity contribution in [1.29, 1.82) is 0 Å². The second-order valence-corrected chi connectivity index (χ2v) is 7.26. The zero-order valence-corrected chi connectivity index (χ0v) is 16.6. The minimum absolute atomic E-state index is 0.0153. The maximum atomic E-state index is 12.7. The van der Waals surface area contributed by atoms with E-state index in [4.69, 9.17) is 9.47 Å². The molecule has 0 N–H and O–H groups in total. The predicted molar refractivity (Wildman–Crippen MR) is 106 cm³/mol. The Bertz CT molecular complexity index is 1010. The number of ether oxygens (including phenoxy) is 2. The van der Waals surface area contributed by atoms with Gasteiger partial charge in [0.15, 0.2) is 11.9 Å². The first-order chi connectivity index (χ1) is 14.5. The Morgan fingerprint density at radius 3 is 2.37 bits per heavy atom. The van der Waals surface area contributed by atoms with Gasteiger partial charge in [0, 0.05) is 6.42 Å². The summed E-state index contributed by atoms with van der Waals surface area (Å²) in [6.45, 7) is 2.16. The molecule has 7 heteroatoms. The van der Waals surface area contributed by atoms with Crippen LogP contribution in [0.15, 0.2) is 42.5 Å². The molecule has 2 amide bonds. The highest BCUT2D eigenvalue weighted by Gasteiger charge is 2.35. The summed E-state index contributed by atoms with van der Waals surface area (Å²) in [7, 11) is 0. The average Bonchev–Trinajstić information content (AvgIpc) is 3.25. The Labute approximate surface area is 173 Å². The van der Waals surface area contributed by atoms with Crippen molar-refractivity contribution >= 4 is 23.6 Å². The van der Waals surface area contributed by atoms with Gasteiger partial charge in [0.25, 0.3) is 11.8 Å². The molecule has 0 bridgehead atoms. The molecule has 1 aliphatic carbocycles. The Balaban J connectivity index is 1.58. The van der Waals surface area contributed by atoms with Crippen molar-refractivity contribution in [2.75, 3.05) is 6.61 Å². The summed E-state index contributed by atoms with van der Waals surface area (Å²) in [5.74, 6) is -1.14. The summed E-state index contributed by atoms with van der Waals surface area (Å²) >= 11 is 0. The summed E-state index contributed by atoms with van der Waals surface area (Å²) in [6, 6.07) is 11.5. The molecule has 4 rings (SSSR count). The minimum atomic E-state index is -0.730. The lowest BCUT2D eigenvalue weighted by atomic mass is 10.1. The molecule has 154 valence electrons.